The van der Waals surface area contributed by atoms with Crippen LogP contribution in [0.4, 0.5) is 0 Å². The summed E-state index contributed by atoms with van der Waals surface area (Å²) in [5, 5.41) is 10.2. The number of carbonyl (C=O) groups is 1. The summed E-state index contributed by atoms with van der Waals surface area (Å²) >= 11 is 0. The van der Waals surface area contributed by atoms with E-state index in [2.05, 4.69) is 25.3 Å². The van der Waals surface area contributed by atoms with Crippen LogP contribution < -0.4 is 40.4 Å². The van der Waals surface area contributed by atoms with Gasteiger partial charge in [-0.25, -0.2) is 0 Å². The second-order valence-corrected chi connectivity index (χ2v) is 8.54. The number of nitrogens with two attached hydrogens (primary N) is 2. The van der Waals surface area contributed by atoms with Gasteiger partial charge in [0.25, 0.3) is 0 Å². The highest BCUT2D eigenvalue weighted by Gasteiger charge is 1.96. The maximum atomic E-state index is 10.2. The predicted molar refractivity (Wildman–Crippen MR) is 127 cm³/mol. The van der Waals surface area contributed by atoms with Gasteiger partial charge in [-0.3, -0.25) is 0 Å². The lowest BCUT2D eigenvalue weighted by molar-refractivity contribution is -0.368. The lowest BCUT2D eigenvalue weighted by atomic mass is 10.0. The van der Waals surface area contributed by atoms with Gasteiger partial charge in [0.05, 0.1) is 13.1 Å². The number of rotatable bonds is 19. The van der Waals surface area contributed by atoms with Crippen LogP contribution in [0.1, 0.15) is 117 Å². The summed E-state index contributed by atoms with van der Waals surface area (Å²) in [6.45, 7) is 8.11. The summed E-state index contributed by atoms with van der Waals surface area (Å²) in [4.78, 5) is 10.2. The largest absolute Gasteiger partial charge is 1.00 e. The third-order valence-corrected chi connectivity index (χ3v) is 4.82. The van der Waals surface area contributed by atoms with Gasteiger partial charge in [-0.15, -0.1) is 0 Å². The second kappa shape index (κ2) is 36.9. The summed E-state index contributed by atoms with van der Waals surface area (Å²) < 4.78 is 0. The van der Waals surface area contributed by atoms with Crippen LogP contribution in [-0.2, 0) is 4.79 Å². The Morgan fingerprint density at radius 1 is 0.677 bits per heavy atom. The van der Waals surface area contributed by atoms with E-state index in [1.165, 1.54) is 70.6 Å². The molecule has 0 aliphatic carbocycles. The first kappa shape index (κ1) is 37.9. The fraction of sp³-hybridized carbons (Fsp3) is 0.958. The number of halogens is 1. The van der Waals surface area contributed by atoms with E-state index in [1.807, 2.05) is 0 Å². The molecule has 0 aliphatic heterocycles. The minimum atomic E-state index is -0.904. The number of hydrogen-bond donors (Lipinski definition) is 4. The highest BCUT2D eigenvalue weighted by molar-refractivity contribution is 5.63. The van der Waals surface area contributed by atoms with Gasteiger partial charge >= 0.3 is 0 Å². The number of aliphatic carboxylic acids is 1. The molecule has 0 spiro atoms. The quantitative estimate of drug-likeness (QED) is 0.180. The Morgan fingerprint density at radius 2 is 1.00 bits per heavy atom. The topological polar surface area (TPSA) is 147 Å². The van der Waals surface area contributed by atoms with Crippen molar-refractivity contribution in [1.29, 1.82) is 0 Å². The molecule has 0 aromatic carbocycles. The average molecular weight is 469 g/mol. The van der Waals surface area contributed by atoms with Gasteiger partial charge in [-0.1, -0.05) is 90.9 Å². The molecular weight excluding hydrogens is 412 g/mol. The minimum absolute atomic E-state index is 0. The van der Waals surface area contributed by atoms with Crippen LogP contribution in [0.5, 0.6) is 0 Å². The van der Waals surface area contributed by atoms with E-state index < -0.39 is 5.97 Å². The Bertz CT molecular complexity index is 299. The molecule has 0 heterocycles. The molecule has 192 valence electrons. The van der Waals surface area contributed by atoms with E-state index >= 15 is 0 Å². The summed E-state index contributed by atoms with van der Waals surface area (Å²) in [5.41, 5.74) is 17.4. The first-order chi connectivity index (χ1) is 14.5. The SMILES string of the molecule is CC(C)CCCCCCCCCCCCCCC(=O)[O-].NCCC[NH3+].NCCC[NH3+].[Cl-]. The molecule has 0 rings (SSSR count). The lowest BCUT2D eigenvalue weighted by Crippen LogP contribution is -3.00. The minimum Gasteiger partial charge on any atom is -1.00 e. The van der Waals surface area contributed by atoms with E-state index in [4.69, 9.17) is 11.5 Å². The molecule has 0 aromatic rings. The Morgan fingerprint density at radius 3 is 1.23 bits per heavy atom. The Labute approximate surface area is 200 Å². The van der Waals surface area contributed by atoms with Gasteiger partial charge in [0, 0.05) is 18.8 Å². The molecule has 31 heavy (non-hydrogen) atoms. The average Bonchev–Trinajstić information content (AvgIpc) is 2.70. The molecule has 7 heteroatoms. The van der Waals surface area contributed by atoms with E-state index in [0.717, 1.165) is 57.8 Å². The lowest BCUT2D eigenvalue weighted by Gasteiger charge is -2.05. The Kier molecular flexibility index (Phi) is 45.2. The highest BCUT2D eigenvalue weighted by Crippen LogP contribution is 2.14. The van der Waals surface area contributed by atoms with Crippen LogP contribution >= 0.6 is 0 Å². The van der Waals surface area contributed by atoms with Crippen LogP contribution in [-0.4, -0.2) is 32.1 Å². The van der Waals surface area contributed by atoms with E-state index in [0.29, 0.717) is 0 Å². The van der Waals surface area contributed by atoms with Crippen molar-refractivity contribution in [2.75, 3.05) is 26.2 Å². The summed E-state index contributed by atoms with van der Waals surface area (Å²) in [7, 11) is 0. The molecule has 0 bridgehead atoms. The van der Waals surface area contributed by atoms with Crippen molar-refractivity contribution in [2.24, 2.45) is 17.4 Å². The fourth-order valence-electron chi connectivity index (χ4n) is 2.88. The number of hydrogen-bond acceptors (Lipinski definition) is 4. The number of carbonyl (C=O) groups excluding carboxylic acids is 1. The molecule has 0 saturated carbocycles. The zero-order chi connectivity index (χ0) is 23.3. The second-order valence-electron chi connectivity index (χ2n) is 8.54. The fourth-order valence-corrected chi connectivity index (χ4v) is 2.88. The van der Waals surface area contributed by atoms with E-state index in [1.54, 1.807) is 0 Å². The van der Waals surface area contributed by atoms with Crippen molar-refractivity contribution < 1.29 is 33.8 Å². The molecule has 6 nitrogen and oxygen atoms in total. The molecule has 0 amide bonds. The molecule has 10 N–H and O–H groups in total. The maximum absolute atomic E-state index is 10.2. The standard InChI is InChI=1S/C18H36O2.2C3H10N2.ClH/c1-17(2)15-13-11-9-7-5-3-4-6-8-10-12-14-16-18(19)20;2*4-2-1-3-5;/h17H,3-16H2,1-2H3,(H,19,20);2*1-5H2;1H. The van der Waals surface area contributed by atoms with Crippen molar-refractivity contribution >= 4 is 5.97 Å². The third kappa shape index (κ3) is 53.1. The molecule has 0 fully saturated rings. The normalized spacial score (nSPS) is 9.90. The molecule has 0 radical (unpaired) electrons. The van der Waals surface area contributed by atoms with Crippen LogP contribution in [0.25, 0.3) is 0 Å². The Hall–Kier alpha value is -0.400. The monoisotopic (exact) mass is 468 g/mol. The van der Waals surface area contributed by atoms with E-state index in [-0.39, 0.29) is 18.8 Å². The first-order valence-electron chi connectivity index (χ1n) is 12.6. The van der Waals surface area contributed by atoms with Gasteiger partial charge in [0.2, 0.25) is 0 Å². The number of unbranched alkanes of at least 4 members (excludes halogenated alkanes) is 11. The van der Waals surface area contributed by atoms with Crippen molar-refractivity contribution in [3.63, 3.8) is 0 Å². The molecule has 0 atom stereocenters. The summed E-state index contributed by atoms with van der Waals surface area (Å²) in [6, 6.07) is 0. The highest BCUT2D eigenvalue weighted by atomic mass is 35.5. The number of carboxylic acids is 1. The zero-order valence-corrected chi connectivity index (χ0v) is 21.7. The van der Waals surface area contributed by atoms with Gasteiger partial charge in [0.1, 0.15) is 0 Å². The number of quaternary nitrogens is 2. The van der Waals surface area contributed by atoms with Crippen molar-refractivity contribution in [3.05, 3.63) is 0 Å². The summed E-state index contributed by atoms with van der Waals surface area (Å²) in [5.74, 6) is -0.0415. The van der Waals surface area contributed by atoms with Crippen LogP contribution in [0.15, 0.2) is 0 Å². The number of carboxylic acid groups (broad SMARTS) is 1. The molecule has 0 unspecified atom stereocenters. The van der Waals surface area contributed by atoms with Crippen molar-refractivity contribution in [1.82, 2.24) is 0 Å². The van der Waals surface area contributed by atoms with Crippen LogP contribution in [0, 0.1) is 5.92 Å². The third-order valence-electron chi connectivity index (χ3n) is 4.82. The molecular formula is C24H57ClN4O2. The van der Waals surface area contributed by atoms with Gasteiger partial charge in [-0.2, -0.15) is 0 Å². The first-order valence-corrected chi connectivity index (χ1v) is 12.6. The van der Waals surface area contributed by atoms with Gasteiger partial charge in [-0.05, 0) is 31.8 Å². The van der Waals surface area contributed by atoms with Crippen molar-refractivity contribution in [2.45, 2.75) is 117 Å². The van der Waals surface area contributed by atoms with E-state index in [9.17, 15) is 9.90 Å². The Balaban J connectivity index is -0.000000275. The molecule has 0 aromatic heterocycles. The van der Waals surface area contributed by atoms with Crippen LogP contribution in [0.2, 0.25) is 0 Å². The zero-order valence-electron chi connectivity index (χ0n) is 21.0. The smallest absolute Gasteiger partial charge is 0.0752 e. The van der Waals surface area contributed by atoms with Gasteiger partial charge in [0.15, 0.2) is 0 Å². The summed E-state index contributed by atoms with van der Waals surface area (Å²) in [6.07, 6.45) is 19.1. The van der Waals surface area contributed by atoms with Gasteiger partial charge < -0.3 is 45.2 Å². The molecule has 0 saturated heterocycles. The predicted octanol–water partition coefficient (Wildman–Crippen LogP) is -0.988. The van der Waals surface area contributed by atoms with Crippen molar-refractivity contribution in [3.8, 4) is 0 Å². The van der Waals surface area contributed by atoms with Crippen LogP contribution in [0.3, 0.4) is 0 Å². The maximum Gasteiger partial charge on any atom is 0.0752 e. The molecule has 0 aliphatic rings.